The molecule has 0 fully saturated rings. The zero-order valence-electron chi connectivity index (χ0n) is 12.0. The van der Waals surface area contributed by atoms with Crippen LogP contribution in [0.15, 0.2) is 23.1 Å². The Morgan fingerprint density at radius 2 is 2.00 bits per heavy atom. The molecule has 2 N–H and O–H groups in total. The summed E-state index contributed by atoms with van der Waals surface area (Å²) < 4.78 is 27.9. The molecule has 5 nitrogen and oxygen atoms in total. The third-order valence-corrected chi connectivity index (χ3v) is 3.94. The van der Waals surface area contributed by atoms with Crippen molar-refractivity contribution in [2.24, 2.45) is 11.1 Å². The van der Waals surface area contributed by atoms with Gasteiger partial charge in [0.25, 0.3) is 0 Å². The van der Waals surface area contributed by atoms with Crippen molar-refractivity contribution in [3.05, 3.63) is 29.3 Å². The maximum absolute atomic E-state index is 11.8. The second-order valence-corrected chi connectivity index (χ2v) is 6.73. The molecular weight excluding hydrogens is 278 g/mol. The van der Waals surface area contributed by atoms with Gasteiger partial charge in [-0.2, -0.15) is 0 Å². The van der Waals surface area contributed by atoms with Gasteiger partial charge < -0.3 is 4.74 Å². The number of primary sulfonamides is 1. The Kier molecular flexibility index (Phi) is 5.71. The number of nitrogens with two attached hydrogens (primary N) is 1. The molecule has 0 aliphatic heterocycles. The van der Waals surface area contributed by atoms with Gasteiger partial charge in [0.2, 0.25) is 10.0 Å². The number of carbonyl (C=O) groups is 1. The predicted molar refractivity (Wildman–Crippen MR) is 76.9 cm³/mol. The summed E-state index contributed by atoms with van der Waals surface area (Å²) in [5, 5.41) is 5.10. The van der Waals surface area contributed by atoms with Gasteiger partial charge >= 0.3 is 5.97 Å². The lowest BCUT2D eigenvalue weighted by Gasteiger charge is -2.08. The van der Waals surface area contributed by atoms with Gasteiger partial charge in [-0.3, -0.25) is 0 Å². The maximum atomic E-state index is 11.8. The van der Waals surface area contributed by atoms with Crippen LogP contribution >= 0.6 is 0 Å². The van der Waals surface area contributed by atoms with Gasteiger partial charge in [-0.05, 0) is 43.4 Å². The molecule has 0 radical (unpaired) electrons. The number of hydrogen-bond donors (Lipinski definition) is 1. The summed E-state index contributed by atoms with van der Waals surface area (Å²) in [6.45, 7) is 6.15. The summed E-state index contributed by atoms with van der Waals surface area (Å²) in [5.41, 5.74) is 0.702. The highest BCUT2D eigenvalue weighted by Crippen LogP contribution is 2.16. The molecule has 1 aromatic rings. The zero-order valence-corrected chi connectivity index (χ0v) is 12.9. The van der Waals surface area contributed by atoms with E-state index in [-0.39, 0.29) is 10.5 Å². The van der Waals surface area contributed by atoms with Gasteiger partial charge in [-0.25, -0.2) is 18.4 Å². The smallest absolute Gasteiger partial charge is 0.338 e. The van der Waals surface area contributed by atoms with Crippen LogP contribution in [0.4, 0.5) is 0 Å². The van der Waals surface area contributed by atoms with E-state index in [1.54, 1.807) is 13.0 Å². The fourth-order valence-electron chi connectivity index (χ4n) is 1.77. The highest BCUT2D eigenvalue weighted by atomic mass is 32.2. The number of carbonyl (C=O) groups excluding carboxylic acids is 1. The number of esters is 1. The van der Waals surface area contributed by atoms with Crippen molar-refractivity contribution < 1.29 is 17.9 Å². The predicted octanol–water partition coefficient (Wildman–Crippen LogP) is 2.24. The van der Waals surface area contributed by atoms with E-state index in [1.807, 2.05) is 0 Å². The SMILES string of the molecule is Cc1ccc(C(=O)OCCCC(C)C)cc1S(N)(=O)=O. The van der Waals surface area contributed by atoms with Gasteiger partial charge in [-0.15, -0.1) is 0 Å². The maximum Gasteiger partial charge on any atom is 0.338 e. The van der Waals surface area contributed by atoms with E-state index < -0.39 is 16.0 Å². The fraction of sp³-hybridized carbons (Fsp3) is 0.500. The van der Waals surface area contributed by atoms with E-state index in [0.29, 0.717) is 18.1 Å². The van der Waals surface area contributed by atoms with Crippen molar-refractivity contribution in [1.82, 2.24) is 0 Å². The van der Waals surface area contributed by atoms with Crippen LogP contribution in [0.2, 0.25) is 0 Å². The third-order valence-electron chi connectivity index (χ3n) is 2.89. The number of benzene rings is 1. The molecule has 0 unspecified atom stereocenters. The van der Waals surface area contributed by atoms with Crippen LogP contribution < -0.4 is 5.14 Å². The van der Waals surface area contributed by atoms with Crippen LogP contribution in [-0.4, -0.2) is 21.0 Å². The van der Waals surface area contributed by atoms with Gasteiger partial charge in [0.1, 0.15) is 0 Å². The van der Waals surface area contributed by atoms with Crippen molar-refractivity contribution in [2.75, 3.05) is 6.61 Å². The third kappa shape index (κ3) is 4.94. The highest BCUT2D eigenvalue weighted by Gasteiger charge is 2.15. The first kappa shape index (κ1) is 16.7. The summed E-state index contributed by atoms with van der Waals surface area (Å²) >= 11 is 0. The molecule has 0 spiro atoms. The Morgan fingerprint density at radius 3 is 2.55 bits per heavy atom. The van der Waals surface area contributed by atoms with Crippen LogP contribution in [0.1, 0.15) is 42.6 Å². The molecular formula is C14H21NO4S. The number of rotatable bonds is 6. The fourth-order valence-corrected chi connectivity index (χ4v) is 2.58. The molecule has 0 aliphatic rings. The monoisotopic (exact) mass is 299 g/mol. The van der Waals surface area contributed by atoms with Crippen molar-refractivity contribution >= 4 is 16.0 Å². The van der Waals surface area contributed by atoms with Gasteiger partial charge in [0, 0.05) is 0 Å². The lowest BCUT2D eigenvalue weighted by molar-refractivity contribution is 0.0494. The molecule has 1 aromatic carbocycles. The number of sulfonamides is 1. The quantitative estimate of drug-likeness (QED) is 0.644. The molecule has 20 heavy (non-hydrogen) atoms. The molecule has 0 aromatic heterocycles. The van der Waals surface area contributed by atoms with Crippen LogP contribution in [0.3, 0.4) is 0 Å². The Morgan fingerprint density at radius 1 is 1.35 bits per heavy atom. The molecule has 0 heterocycles. The van der Waals surface area contributed by atoms with Crippen LogP contribution in [-0.2, 0) is 14.8 Å². The van der Waals surface area contributed by atoms with E-state index in [1.165, 1.54) is 12.1 Å². The first-order chi connectivity index (χ1) is 9.21. The number of aryl methyl sites for hydroxylation is 1. The second-order valence-electron chi connectivity index (χ2n) is 5.20. The van der Waals surface area contributed by atoms with E-state index in [2.05, 4.69) is 13.8 Å². The molecule has 0 aliphatic carbocycles. The summed E-state index contributed by atoms with van der Waals surface area (Å²) in [5.74, 6) is 0.0284. The minimum atomic E-state index is -3.83. The van der Waals surface area contributed by atoms with E-state index in [4.69, 9.17) is 9.88 Å². The Bertz CT molecular complexity index is 579. The largest absolute Gasteiger partial charge is 0.462 e. The lowest BCUT2D eigenvalue weighted by atomic mass is 10.1. The second kappa shape index (κ2) is 6.85. The molecule has 0 bridgehead atoms. The first-order valence-corrected chi connectivity index (χ1v) is 8.07. The minimum Gasteiger partial charge on any atom is -0.462 e. The van der Waals surface area contributed by atoms with Gasteiger partial charge in [0.05, 0.1) is 17.1 Å². The first-order valence-electron chi connectivity index (χ1n) is 6.52. The summed E-state index contributed by atoms with van der Waals surface area (Å²) in [7, 11) is -3.83. The van der Waals surface area contributed by atoms with E-state index >= 15 is 0 Å². The van der Waals surface area contributed by atoms with Crippen LogP contribution in [0.5, 0.6) is 0 Å². The molecule has 0 atom stereocenters. The van der Waals surface area contributed by atoms with Crippen molar-refractivity contribution in [3.8, 4) is 0 Å². The van der Waals surface area contributed by atoms with Gasteiger partial charge in [0.15, 0.2) is 0 Å². The van der Waals surface area contributed by atoms with Gasteiger partial charge in [-0.1, -0.05) is 19.9 Å². The summed E-state index contributed by atoms with van der Waals surface area (Å²) in [6, 6.07) is 4.34. The van der Waals surface area contributed by atoms with Crippen LogP contribution in [0.25, 0.3) is 0 Å². The molecule has 0 saturated heterocycles. The standard InChI is InChI=1S/C14H21NO4S/c1-10(2)5-4-8-19-14(16)12-7-6-11(3)13(9-12)20(15,17)18/h6-7,9-10H,4-5,8H2,1-3H3,(H2,15,17,18). The normalized spacial score (nSPS) is 11.7. The molecule has 6 heteroatoms. The van der Waals surface area contributed by atoms with Crippen molar-refractivity contribution in [2.45, 2.75) is 38.5 Å². The average Bonchev–Trinajstić information content (AvgIpc) is 2.33. The minimum absolute atomic E-state index is 0.0471. The highest BCUT2D eigenvalue weighted by molar-refractivity contribution is 7.89. The summed E-state index contributed by atoms with van der Waals surface area (Å²) in [6.07, 6.45) is 1.76. The Hall–Kier alpha value is -1.40. The van der Waals surface area contributed by atoms with Crippen molar-refractivity contribution in [1.29, 1.82) is 0 Å². The lowest BCUT2D eigenvalue weighted by Crippen LogP contribution is -2.15. The molecule has 0 amide bonds. The zero-order chi connectivity index (χ0) is 15.3. The molecule has 112 valence electrons. The van der Waals surface area contributed by atoms with Crippen LogP contribution in [0, 0.1) is 12.8 Å². The summed E-state index contributed by atoms with van der Waals surface area (Å²) in [4.78, 5) is 11.8. The van der Waals surface area contributed by atoms with E-state index in [0.717, 1.165) is 12.8 Å². The van der Waals surface area contributed by atoms with Crippen molar-refractivity contribution in [3.63, 3.8) is 0 Å². The van der Waals surface area contributed by atoms with E-state index in [9.17, 15) is 13.2 Å². The number of ether oxygens (including phenoxy) is 1. The Balaban J connectivity index is 2.75. The molecule has 0 saturated carbocycles. The number of hydrogen-bond acceptors (Lipinski definition) is 4. The average molecular weight is 299 g/mol. The topological polar surface area (TPSA) is 86.5 Å². The molecule has 1 rings (SSSR count). The Labute approximate surface area is 120 Å².